The number of aliphatic hydroxyl groups is 1. The zero-order valence-electron chi connectivity index (χ0n) is 20.6. The molecule has 8 heteroatoms. The number of piperidine rings is 1. The second-order valence-electron chi connectivity index (χ2n) is 9.63. The van der Waals surface area contributed by atoms with E-state index < -0.39 is 12.3 Å². The van der Waals surface area contributed by atoms with E-state index in [0.717, 1.165) is 42.7 Å². The second kappa shape index (κ2) is 13.0. The van der Waals surface area contributed by atoms with E-state index in [1.54, 1.807) is 6.07 Å². The molecule has 2 saturated heterocycles. The largest absolute Gasteiger partial charge is 0.481 e. The third kappa shape index (κ3) is 7.61. The molecule has 3 N–H and O–H groups in total. The first-order valence-electron chi connectivity index (χ1n) is 12.8. The van der Waals surface area contributed by atoms with Crippen LogP contribution in [0.15, 0.2) is 48.5 Å². The van der Waals surface area contributed by atoms with Crippen molar-refractivity contribution in [1.29, 1.82) is 0 Å². The van der Waals surface area contributed by atoms with Crippen molar-refractivity contribution >= 4 is 17.6 Å². The number of rotatable bonds is 10. The number of carboxylic acid groups (broad SMARTS) is 1. The Morgan fingerprint density at radius 2 is 1.75 bits per heavy atom. The Labute approximate surface area is 212 Å². The lowest BCUT2D eigenvalue weighted by molar-refractivity contribution is -0.253. The van der Waals surface area contributed by atoms with Crippen molar-refractivity contribution in [2.24, 2.45) is 0 Å². The SMILES string of the molecule is O=C(O)CCCC(=O)Nc1cccc([C@@H]2O[C@H](CN3CCCCC3)C[C@H](c3ccc(CO)cc3)O2)c1. The first-order valence-corrected chi connectivity index (χ1v) is 12.8. The molecule has 0 bridgehead atoms. The van der Waals surface area contributed by atoms with Crippen molar-refractivity contribution in [3.63, 3.8) is 0 Å². The molecule has 0 unspecified atom stereocenters. The standard InChI is InChI=1S/C28H36N2O6/c31-19-20-10-12-21(13-11-20)25-17-24(18-30-14-2-1-3-15-30)35-28(36-25)22-6-4-7-23(16-22)29-26(32)8-5-9-27(33)34/h4,6-7,10-13,16,24-25,28,31H,1-3,5,8-9,14-15,17-19H2,(H,29,32)(H,33,34)/t24-,25+,28+/m0/s1. The van der Waals surface area contributed by atoms with Crippen LogP contribution in [0.5, 0.6) is 0 Å². The highest BCUT2D eigenvalue weighted by Gasteiger charge is 2.33. The maximum Gasteiger partial charge on any atom is 0.303 e. The molecule has 8 nitrogen and oxygen atoms in total. The van der Waals surface area contributed by atoms with Crippen LogP contribution in [0.3, 0.4) is 0 Å². The van der Waals surface area contributed by atoms with Crippen LogP contribution in [0.4, 0.5) is 5.69 Å². The maximum absolute atomic E-state index is 12.3. The van der Waals surface area contributed by atoms with Gasteiger partial charge in [-0.15, -0.1) is 0 Å². The van der Waals surface area contributed by atoms with Gasteiger partial charge in [0.05, 0.1) is 18.8 Å². The Bertz CT molecular complexity index is 1010. The average Bonchev–Trinajstić information content (AvgIpc) is 2.89. The van der Waals surface area contributed by atoms with Crippen LogP contribution in [-0.2, 0) is 25.7 Å². The van der Waals surface area contributed by atoms with E-state index in [4.69, 9.17) is 14.6 Å². The zero-order valence-corrected chi connectivity index (χ0v) is 20.6. The summed E-state index contributed by atoms with van der Waals surface area (Å²) in [5.74, 6) is -1.13. The fourth-order valence-electron chi connectivity index (χ4n) is 4.85. The summed E-state index contributed by atoms with van der Waals surface area (Å²) < 4.78 is 12.9. The van der Waals surface area contributed by atoms with Crippen molar-refractivity contribution in [3.05, 3.63) is 65.2 Å². The van der Waals surface area contributed by atoms with Crippen molar-refractivity contribution in [2.45, 2.75) is 70.1 Å². The van der Waals surface area contributed by atoms with Gasteiger partial charge in [-0.25, -0.2) is 0 Å². The number of ether oxygens (including phenoxy) is 2. The van der Waals surface area contributed by atoms with Gasteiger partial charge in [0.1, 0.15) is 0 Å². The molecule has 2 aliphatic heterocycles. The molecule has 0 aromatic heterocycles. The van der Waals surface area contributed by atoms with E-state index >= 15 is 0 Å². The van der Waals surface area contributed by atoms with Crippen molar-refractivity contribution in [1.82, 2.24) is 4.90 Å². The van der Waals surface area contributed by atoms with Crippen molar-refractivity contribution in [3.8, 4) is 0 Å². The van der Waals surface area contributed by atoms with E-state index in [2.05, 4.69) is 10.2 Å². The molecule has 2 aliphatic rings. The Balaban J connectivity index is 1.47. The predicted octanol–water partition coefficient (Wildman–Crippen LogP) is 4.40. The molecule has 2 aromatic rings. The number of nitrogens with zero attached hydrogens (tertiary/aromatic N) is 1. The van der Waals surface area contributed by atoms with Crippen LogP contribution in [0, 0.1) is 0 Å². The summed E-state index contributed by atoms with van der Waals surface area (Å²) in [6.45, 7) is 3.03. The molecule has 3 atom stereocenters. The molecule has 0 radical (unpaired) electrons. The zero-order chi connectivity index (χ0) is 25.3. The van der Waals surface area contributed by atoms with Crippen LogP contribution in [-0.4, -0.2) is 52.7 Å². The molecule has 36 heavy (non-hydrogen) atoms. The summed E-state index contributed by atoms with van der Waals surface area (Å²) >= 11 is 0. The summed E-state index contributed by atoms with van der Waals surface area (Å²) in [6.07, 6.45) is 4.13. The highest BCUT2D eigenvalue weighted by molar-refractivity contribution is 5.90. The molecule has 2 aromatic carbocycles. The Hall–Kier alpha value is -2.78. The van der Waals surface area contributed by atoms with Gasteiger partial charge in [0.2, 0.25) is 5.91 Å². The lowest BCUT2D eigenvalue weighted by atomic mass is 9.99. The number of amides is 1. The van der Waals surface area contributed by atoms with E-state index in [0.29, 0.717) is 12.1 Å². The predicted molar refractivity (Wildman–Crippen MR) is 135 cm³/mol. The number of anilines is 1. The molecule has 0 aliphatic carbocycles. The smallest absolute Gasteiger partial charge is 0.303 e. The fraction of sp³-hybridized carbons (Fsp3) is 0.500. The number of aliphatic carboxylic acids is 1. The molecule has 4 rings (SSSR count). The molecule has 2 fully saturated rings. The molecular weight excluding hydrogens is 460 g/mol. The van der Waals surface area contributed by atoms with Gasteiger partial charge < -0.3 is 29.9 Å². The fourth-order valence-corrected chi connectivity index (χ4v) is 4.85. The normalized spacial score (nSPS) is 22.8. The second-order valence-corrected chi connectivity index (χ2v) is 9.63. The molecule has 0 saturated carbocycles. The number of carboxylic acids is 1. The summed E-state index contributed by atoms with van der Waals surface area (Å²) in [7, 11) is 0. The van der Waals surface area contributed by atoms with E-state index in [1.165, 1.54) is 19.3 Å². The third-order valence-electron chi connectivity index (χ3n) is 6.76. The van der Waals surface area contributed by atoms with Gasteiger partial charge in [-0.1, -0.05) is 42.8 Å². The Morgan fingerprint density at radius 1 is 0.972 bits per heavy atom. The number of carbonyl (C=O) groups excluding carboxylic acids is 1. The topological polar surface area (TPSA) is 108 Å². The highest BCUT2D eigenvalue weighted by Crippen LogP contribution is 2.38. The van der Waals surface area contributed by atoms with Crippen molar-refractivity contribution < 1.29 is 29.3 Å². The quantitative estimate of drug-likeness (QED) is 0.447. The van der Waals surface area contributed by atoms with E-state index in [-0.39, 0.29) is 37.6 Å². The Morgan fingerprint density at radius 3 is 2.47 bits per heavy atom. The van der Waals surface area contributed by atoms with Crippen LogP contribution in [0.25, 0.3) is 0 Å². The minimum absolute atomic E-state index is 0.00126. The summed E-state index contributed by atoms with van der Waals surface area (Å²) in [5.41, 5.74) is 3.35. The van der Waals surface area contributed by atoms with Crippen LogP contribution >= 0.6 is 0 Å². The molecule has 0 spiro atoms. The Kier molecular flexibility index (Phi) is 9.47. The number of benzene rings is 2. The lowest BCUT2D eigenvalue weighted by Crippen LogP contribution is -2.41. The number of hydrogen-bond acceptors (Lipinski definition) is 6. The first-order chi connectivity index (χ1) is 17.5. The van der Waals surface area contributed by atoms with Crippen molar-refractivity contribution in [2.75, 3.05) is 25.0 Å². The van der Waals surface area contributed by atoms with E-state index in [9.17, 15) is 14.7 Å². The molecular formula is C28H36N2O6. The van der Waals surface area contributed by atoms with Gasteiger partial charge in [0.25, 0.3) is 0 Å². The van der Waals surface area contributed by atoms with Gasteiger partial charge in [0.15, 0.2) is 6.29 Å². The lowest BCUT2D eigenvalue weighted by Gasteiger charge is -2.39. The number of carbonyl (C=O) groups is 2. The van der Waals surface area contributed by atoms with Crippen LogP contribution < -0.4 is 5.32 Å². The van der Waals surface area contributed by atoms with Gasteiger partial charge in [-0.3, -0.25) is 9.59 Å². The number of aliphatic hydroxyl groups excluding tert-OH is 1. The maximum atomic E-state index is 12.3. The molecule has 194 valence electrons. The first kappa shape index (κ1) is 26.3. The van der Waals surface area contributed by atoms with Gasteiger partial charge in [-0.2, -0.15) is 0 Å². The summed E-state index contributed by atoms with van der Waals surface area (Å²) in [5, 5.41) is 21.0. The monoisotopic (exact) mass is 496 g/mol. The van der Waals surface area contributed by atoms with Gasteiger partial charge in [-0.05, 0) is 55.6 Å². The highest BCUT2D eigenvalue weighted by atomic mass is 16.7. The number of nitrogens with one attached hydrogen (secondary N) is 1. The number of hydrogen-bond donors (Lipinski definition) is 3. The molecule has 2 heterocycles. The summed E-state index contributed by atoms with van der Waals surface area (Å²) in [6, 6.07) is 15.3. The number of likely N-dealkylation sites (tertiary alicyclic amines) is 1. The molecule has 1 amide bonds. The summed E-state index contributed by atoms with van der Waals surface area (Å²) in [4.78, 5) is 25.4. The van der Waals surface area contributed by atoms with Gasteiger partial charge >= 0.3 is 5.97 Å². The van der Waals surface area contributed by atoms with E-state index in [1.807, 2.05) is 42.5 Å². The minimum atomic E-state index is -0.906. The third-order valence-corrected chi connectivity index (χ3v) is 6.76. The van der Waals surface area contributed by atoms with Crippen LogP contribution in [0.2, 0.25) is 0 Å². The minimum Gasteiger partial charge on any atom is -0.481 e. The average molecular weight is 497 g/mol. The van der Waals surface area contributed by atoms with Gasteiger partial charge in [0, 0.05) is 37.1 Å². The van der Waals surface area contributed by atoms with Crippen LogP contribution in [0.1, 0.15) is 74.0 Å².